The molecule has 0 aliphatic carbocycles. The van der Waals surface area contributed by atoms with Crippen molar-refractivity contribution in [1.29, 1.82) is 10.5 Å². The zero-order valence-electron chi connectivity index (χ0n) is 14.4. The van der Waals surface area contributed by atoms with E-state index in [9.17, 15) is 0 Å². The molecule has 0 fully saturated rings. The van der Waals surface area contributed by atoms with Crippen LogP contribution in [0, 0.1) is 22.7 Å². The van der Waals surface area contributed by atoms with E-state index in [1.54, 1.807) is 6.08 Å². The molecule has 0 N–H and O–H groups in total. The number of benzene rings is 1. The lowest BCUT2D eigenvalue weighted by Gasteiger charge is -2.48. The van der Waals surface area contributed by atoms with Crippen molar-refractivity contribution in [1.82, 2.24) is 0 Å². The lowest BCUT2D eigenvalue weighted by atomic mass is 9.69. The maximum absolute atomic E-state index is 9.06. The normalized spacial score (nSPS) is 20.0. The van der Waals surface area contributed by atoms with Crippen molar-refractivity contribution in [2.75, 3.05) is 18.0 Å². The van der Waals surface area contributed by atoms with Gasteiger partial charge in [-0.25, -0.2) is 0 Å². The maximum Gasteiger partial charge on any atom is 0.130 e. The van der Waals surface area contributed by atoms with Crippen LogP contribution in [-0.2, 0) is 10.8 Å². The lowest BCUT2D eigenvalue weighted by Crippen LogP contribution is -2.44. The third kappa shape index (κ3) is 2.51. The molecule has 1 aromatic rings. The van der Waals surface area contributed by atoms with Gasteiger partial charge in [0.15, 0.2) is 0 Å². The van der Waals surface area contributed by atoms with Crippen molar-refractivity contribution in [3.63, 3.8) is 0 Å². The van der Waals surface area contributed by atoms with Crippen LogP contribution in [0.1, 0.15) is 57.2 Å². The molecule has 3 heteroatoms. The van der Waals surface area contributed by atoms with Crippen molar-refractivity contribution in [3.8, 4) is 12.1 Å². The first-order chi connectivity index (χ1) is 10.8. The zero-order valence-corrected chi connectivity index (χ0v) is 14.4. The smallest absolute Gasteiger partial charge is 0.130 e. The van der Waals surface area contributed by atoms with Crippen LogP contribution in [-0.4, -0.2) is 13.1 Å². The Morgan fingerprint density at radius 1 is 1.00 bits per heavy atom. The van der Waals surface area contributed by atoms with Gasteiger partial charge in [0, 0.05) is 18.8 Å². The molecular formula is C20H23N3. The van der Waals surface area contributed by atoms with Crippen molar-refractivity contribution in [2.24, 2.45) is 0 Å². The standard InChI is InChI=1S/C20H23N3/c1-19(2)5-7-23-8-6-20(3,4)17-11-14(9-15(12-21)13-22)10-16(19)18(17)23/h9-11H,5-8H2,1-4H3. The Kier molecular flexibility index (Phi) is 3.49. The quantitative estimate of drug-likeness (QED) is 0.727. The minimum Gasteiger partial charge on any atom is -0.371 e. The van der Waals surface area contributed by atoms with Crippen LogP contribution in [0.2, 0.25) is 0 Å². The fraction of sp³-hybridized carbons (Fsp3) is 0.500. The molecule has 0 bridgehead atoms. The first-order valence-electron chi connectivity index (χ1n) is 8.24. The molecule has 0 saturated carbocycles. The summed E-state index contributed by atoms with van der Waals surface area (Å²) in [6.07, 6.45) is 3.99. The monoisotopic (exact) mass is 305 g/mol. The second-order valence-corrected chi connectivity index (χ2v) is 8.00. The van der Waals surface area contributed by atoms with Gasteiger partial charge in [0.2, 0.25) is 0 Å². The first kappa shape index (κ1) is 15.6. The van der Waals surface area contributed by atoms with Gasteiger partial charge < -0.3 is 4.90 Å². The molecular weight excluding hydrogens is 282 g/mol. The molecule has 0 saturated heterocycles. The summed E-state index contributed by atoms with van der Waals surface area (Å²) in [6, 6.07) is 8.31. The van der Waals surface area contributed by atoms with Gasteiger partial charge in [-0.15, -0.1) is 0 Å². The first-order valence-corrected chi connectivity index (χ1v) is 8.24. The van der Waals surface area contributed by atoms with Gasteiger partial charge in [-0.3, -0.25) is 0 Å². The summed E-state index contributed by atoms with van der Waals surface area (Å²) in [5.41, 5.74) is 5.49. The molecule has 3 rings (SSSR count). The summed E-state index contributed by atoms with van der Waals surface area (Å²) in [5.74, 6) is 0. The molecule has 118 valence electrons. The van der Waals surface area contributed by atoms with E-state index < -0.39 is 0 Å². The average Bonchev–Trinajstić information content (AvgIpc) is 2.51. The number of hydrogen-bond acceptors (Lipinski definition) is 3. The van der Waals surface area contributed by atoms with Gasteiger partial charge in [0.25, 0.3) is 0 Å². The molecule has 3 nitrogen and oxygen atoms in total. The second-order valence-electron chi connectivity index (χ2n) is 8.00. The number of anilines is 1. The molecule has 0 aromatic heterocycles. The predicted molar refractivity (Wildman–Crippen MR) is 93.1 cm³/mol. The molecule has 0 unspecified atom stereocenters. The molecule has 2 aliphatic heterocycles. The van der Waals surface area contributed by atoms with Gasteiger partial charge in [0.05, 0.1) is 0 Å². The van der Waals surface area contributed by atoms with E-state index in [1.807, 2.05) is 12.1 Å². The molecule has 2 aliphatic rings. The topological polar surface area (TPSA) is 50.8 Å². The van der Waals surface area contributed by atoms with Gasteiger partial charge in [-0.1, -0.05) is 27.7 Å². The molecule has 2 heterocycles. The molecule has 1 aromatic carbocycles. The van der Waals surface area contributed by atoms with Crippen LogP contribution >= 0.6 is 0 Å². The Bertz CT molecular complexity index is 712. The third-order valence-electron chi connectivity index (χ3n) is 5.47. The number of hydrogen-bond donors (Lipinski definition) is 0. The molecule has 0 spiro atoms. The van der Waals surface area contributed by atoms with E-state index in [0.29, 0.717) is 0 Å². The van der Waals surface area contributed by atoms with Crippen molar-refractivity contribution in [2.45, 2.75) is 51.4 Å². The van der Waals surface area contributed by atoms with Crippen molar-refractivity contribution >= 4 is 11.8 Å². The average molecular weight is 305 g/mol. The van der Waals surface area contributed by atoms with Crippen LogP contribution in [0.25, 0.3) is 6.08 Å². The number of nitrogens with zero attached hydrogens (tertiary/aromatic N) is 3. The van der Waals surface area contributed by atoms with Gasteiger partial charge in [0.1, 0.15) is 17.7 Å². The summed E-state index contributed by atoms with van der Waals surface area (Å²) >= 11 is 0. The van der Waals surface area contributed by atoms with Gasteiger partial charge >= 0.3 is 0 Å². The Morgan fingerprint density at radius 2 is 1.48 bits per heavy atom. The predicted octanol–water partition coefficient (Wildman–Crippen LogP) is 4.29. The van der Waals surface area contributed by atoms with Crippen molar-refractivity contribution < 1.29 is 0 Å². The summed E-state index contributed by atoms with van der Waals surface area (Å²) in [6.45, 7) is 11.4. The highest BCUT2D eigenvalue weighted by atomic mass is 15.2. The van der Waals surface area contributed by atoms with Gasteiger partial charge in [-0.2, -0.15) is 10.5 Å². The highest BCUT2D eigenvalue weighted by Crippen LogP contribution is 2.49. The minimum absolute atomic E-state index is 0.122. The Morgan fingerprint density at radius 3 is 1.91 bits per heavy atom. The number of nitriles is 2. The van der Waals surface area contributed by atoms with Gasteiger partial charge in [-0.05, 0) is 58.6 Å². The Hall–Kier alpha value is -2.26. The number of allylic oxidation sites excluding steroid dienone is 1. The largest absolute Gasteiger partial charge is 0.371 e. The molecule has 23 heavy (non-hydrogen) atoms. The summed E-state index contributed by atoms with van der Waals surface area (Å²) in [5, 5.41) is 18.1. The summed E-state index contributed by atoms with van der Waals surface area (Å²) in [7, 11) is 0. The van der Waals surface area contributed by atoms with E-state index in [2.05, 4.69) is 44.7 Å². The Labute approximate surface area is 138 Å². The van der Waals surface area contributed by atoms with Crippen LogP contribution in [0.5, 0.6) is 0 Å². The van der Waals surface area contributed by atoms with E-state index >= 15 is 0 Å². The third-order valence-corrected chi connectivity index (χ3v) is 5.47. The maximum atomic E-state index is 9.06. The van der Waals surface area contributed by atoms with Crippen LogP contribution in [0.4, 0.5) is 5.69 Å². The highest BCUT2D eigenvalue weighted by molar-refractivity contribution is 5.73. The van der Waals surface area contributed by atoms with Crippen LogP contribution in [0.3, 0.4) is 0 Å². The second kappa shape index (κ2) is 5.14. The fourth-order valence-corrected chi connectivity index (χ4v) is 3.80. The molecule has 0 amide bonds. The van der Waals surface area contributed by atoms with Crippen LogP contribution < -0.4 is 4.90 Å². The lowest BCUT2D eigenvalue weighted by molar-refractivity contribution is 0.401. The minimum atomic E-state index is 0.122. The van der Waals surface area contributed by atoms with Crippen LogP contribution in [0.15, 0.2) is 17.7 Å². The van der Waals surface area contributed by atoms with Crippen molar-refractivity contribution in [3.05, 3.63) is 34.4 Å². The summed E-state index contributed by atoms with van der Waals surface area (Å²) in [4.78, 5) is 2.52. The summed E-state index contributed by atoms with van der Waals surface area (Å²) < 4.78 is 0. The van der Waals surface area contributed by atoms with E-state index in [4.69, 9.17) is 10.5 Å². The SMILES string of the molecule is CC1(C)CCN2CCC(C)(C)c3cc(C=C(C#N)C#N)cc1c32. The Balaban J connectivity index is 2.28. The van der Waals surface area contributed by atoms with E-state index in [-0.39, 0.29) is 16.4 Å². The number of rotatable bonds is 1. The fourth-order valence-electron chi connectivity index (χ4n) is 3.80. The van der Waals surface area contributed by atoms with E-state index in [0.717, 1.165) is 31.5 Å². The molecule has 0 radical (unpaired) electrons. The van der Waals surface area contributed by atoms with E-state index in [1.165, 1.54) is 16.8 Å². The molecule has 0 atom stereocenters. The zero-order chi connectivity index (χ0) is 16.8. The highest BCUT2D eigenvalue weighted by Gasteiger charge is 2.39.